The number of anilines is 1. The van der Waals surface area contributed by atoms with Crippen LogP contribution in [0.1, 0.15) is 10.4 Å². The summed E-state index contributed by atoms with van der Waals surface area (Å²) in [5.41, 5.74) is 1.15. The number of hydrogen-bond acceptors (Lipinski definition) is 2. The first-order valence-corrected chi connectivity index (χ1v) is 6.96. The molecule has 0 atom stereocenters. The van der Waals surface area contributed by atoms with Crippen molar-refractivity contribution in [1.82, 2.24) is 0 Å². The molecule has 0 fully saturated rings. The highest BCUT2D eigenvalue weighted by molar-refractivity contribution is 14.1. The van der Waals surface area contributed by atoms with Crippen molar-refractivity contribution >= 4 is 45.8 Å². The lowest BCUT2D eigenvalue weighted by Gasteiger charge is -2.08. The Balaban J connectivity index is 2.15. The summed E-state index contributed by atoms with van der Waals surface area (Å²) < 4.78 is 6.06. The van der Waals surface area contributed by atoms with Crippen molar-refractivity contribution in [2.24, 2.45) is 0 Å². The van der Waals surface area contributed by atoms with E-state index in [1.54, 1.807) is 43.5 Å². The second-order valence-electron chi connectivity index (χ2n) is 3.81. The number of ether oxygens (including phenoxy) is 1. The Morgan fingerprint density at radius 2 is 1.89 bits per heavy atom. The molecule has 0 heterocycles. The van der Waals surface area contributed by atoms with Crippen LogP contribution in [-0.2, 0) is 0 Å². The molecule has 5 heteroatoms. The van der Waals surface area contributed by atoms with Gasteiger partial charge in [0.25, 0.3) is 5.91 Å². The van der Waals surface area contributed by atoms with Gasteiger partial charge in [0.2, 0.25) is 0 Å². The summed E-state index contributed by atoms with van der Waals surface area (Å²) >= 11 is 8.23. The van der Waals surface area contributed by atoms with Gasteiger partial charge in [-0.25, -0.2) is 0 Å². The van der Waals surface area contributed by atoms with Crippen LogP contribution in [0.3, 0.4) is 0 Å². The van der Waals surface area contributed by atoms with E-state index in [1.807, 2.05) is 6.07 Å². The first-order valence-electron chi connectivity index (χ1n) is 5.50. The zero-order chi connectivity index (χ0) is 13.8. The van der Waals surface area contributed by atoms with Gasteiger partial charge in [0.05, 0.1) is 17.8 Å². The SMILES string of the molecule is COc1ccc(C(=O)Nc2ccc(I)cc2Cl)cc1. The van der Waals surface area contributed by atoms with E-state index in [-0.39, 0.29) is 5.91 Å². The van der Waals surface area contributed by atoms with Crippen LogP contribution in [0.15, 0.2) is 42.5 Å². The average molecular weight is 388 g/mol. The van der Waals surface area contributed by atoms with Gasteiger partial charge in [-0.2, -0.15) is 0 Å². The van der Waals surface area contributed by atoms with Crippen molar-refractivity contribution in [3.8, 4) is 5.75 Å². The van der Waals surface area contributed by atoms with E-state index in [9.17, 15) is 4.79 Å². The molecular weight excluding hydrogens is 377 g/mol. The summed E-state index contributed by atoms with van der Waals surface area (Å²) in [6, 6.07) is 12.4. The number of methoxy groups -OCH3 is 1. The average Bonchev–Trinajstić information content (AvgIpc) is 2.42. The lowest BCUT2D eigenvalue weighted by atomic mass is 10.2. The molecule has 0 bridgehead atoms. The third-order valence-corrected chi connectivity index (χ3v) is 3.52. The molecule has 19 heavy (non-hydrogen) atoms. The molecule has 2 aromatic rings. The molecule has 1 amide bonds. The predicted molar refractivity (Wildman–Crippen MR) is 85.1 cm³/mol. The van der Waals surface area contributed by atoms with Crippen molar-refractivity contribution in [1.29, 1.82) is 0 Å². The minimum Gasteiger partial charge on any atom is -0.497 e. The standard InChI is InChI=1S/C14H11ClINO2/c1-19-11-5-2-9(3-6-11)14(18)17-13-7-4-10(16)8-12(13)15/h2-8H,1H3,(H,17,18). The second-order valence-corrected chi connectivity index (χ2v) is 5.46. The topological polar surface area (TPSA) is 38.3 Å². The van der Waals surface area contributed by atoms with Crippen LogP contribution < -0.4 is 10.1 Å². The van der Waals surface area contributed by atoms with Crippen LogP contribution in [-0.4, -0.2) is 13.0 Å². The summed E-state index contributed by atoms with van der Waals surface area (Å²) in [7, 11) is 1.58. The quantitative estimate of drug-likeness (QED) is 0.802. The van der Waals surface area contributed by atoms with E-state index >= 15 is 0 Å². The maximum absolute atomic E-state index is 12.0. The molecule has 0 radical (unpaired) electrons. The van der Waals surface area contributed by atoms with Crippen molar-refractivity contribution in [3.05, 3.63) is 56.6 Å². The van der Waals surface area contributed by atoms with E-state index in [1.165, 1.54) is 0 Å². The number of carbonyl (C=O) groups excluding carboxylic acids is 1. The summed E-state index contributed by atoms with van der Waals surface area (Å²) in [5, 5.41) is 3.30. The highest BCUT2D eigenvalue weighted by Gasteiger charge is 2.08. The Bertz CT molecular complexity index is 599. The maximum atomic E-state index is 12.0. The Morgan fingerprint density at radius 3 is 2.47 bits per heavy atom. The number of amides is 1. The largest absolute Gasteiger partial charge is 0.497 e. The molecule has 0 aliphatic rings. The predicted octanol–water partition coefficient (Wildman–Crippen LogP) is 4.21. The van der Waals surface area contributed by atoms with Crippen LogP contribution in [0.2, 0.25) is 5.02 Å². The van der Waals surface area contributed by atoms with Gasteiger partial charge in [0.1, 0.15) is 5.75 Å². The summed E-state index contributed by atoms with van der Waals surface area (Å²) in [5.74, 6) is 0.509. The first kappa shape index (κ1) is 14.1. The number of rotatable bonds is 3. The van der Waals surface area contributed by atoms with E-state index < -0.39 is 0 Å². The van der Waals surface area contributed by atoms with E-state index in [0.29, 0.717) is 22.0 Å². The number of benzene rings is 2. The van der Waals surface area contributed by atoms with E-state index in [0.717, 1.165) is 3.57 Å². The molecule has 0 spiro atoms. The molecule has 0 aliphatic heterocycles. The van der Waals surface area contributed by atoms with Crippen molar-refractivity contribution in [3.63, 3.8) is 0 Å². The Labute approximate surface area is 130 Å². The third-order valence-electron chi connectivity index (χ3n) is 2.53. The van der Waals surface area contributed by atoms with Gasteiger partial charge < -0.3 is 10.1 Å². The number of halogens is 2. The van der Waals surface area contributed by atoms with Gasteiger partial charge in [-0.15, -0.1) is 0 Å². The van der Waals surface area contributed by atoms with E-state index in [4.69, 9.17) is 16.3 Å². The molecule has 0 aromatic heterocycles. The third kappa shape index (κ3) is 3.61. The van der Waals surface area contributed by atoms with Crippen LogP contribution in [0.25, 0.3) is 0 Å². The van der Waals surface area contributed by atoms with Crippen LogP contribution in [0.4, 0.5) is 5.69 Å². The Hall–Kier alpha value is -1.27. The monoisotopic (exact) mass is 387 g/mol. The maximum Gasteiger partial charge on any atom is 0.255 e. The van der Waals surface area contributed by atoms with Gasteiger partial charge in [-0.3, -0.25) is 4.79 Å². The van der Waals surface area contributed by atoms with Gasteiger partial charge in [-0.1, -0.05) is 11.6 Å². The van der Waals surface area contributed by atoms with Crippen molar-refractivity contribution < 1.29 is 9.53 Å². The van der Waals surface area contributed by atoms with Crippen LogP contribution >= 0.6 is 34.2 Å². The molecule has 0 aliphatic carbocycles. The summed E-state index contributed by atoms with van der Waals surface area (Å²) in [6.07, 6.45) is 0. The van der Waals surface area contributed by atoms with Gasteiger partial charge in [-0.05, 0) is 65.1 Å². The molecule has 0 saturated heterocycles. The first-order chi connectivity index (χ1) is 9.10. The van der Waals surface area contributed by atoms with Crippen molar-refractivity contribution in [2.75, 3.05) is 12.4 Å². The normalized spacial score (nSPS) is 10.1. The highest BCUT2D eigenvalue weighted by Crippen LogP contribution is 2.24. The Kier molecular flexibility index (Phi) is 4.66. The summed E-state index contributed by atoms with van der Waals surface area (Å²) in [6.45, 7) is 0. The van der Waals surface area contributed by atoms with Crippen molar-refractivity contribution in [2.45, 2.75) is 0 Å². The van der Waals surface area contributed by atoms with Crippen LogP contribution in [0.5, 0.6) is 5.75 Å². The van der Waals surface area contributed by atoms with Gasteiger partial charge in [0.15, 0.2) is 0 Å². The van der Waals surface area contributed by atoms with Gasteiger partial charge in [0, 0.05) is 9.13 Å². The lowest BCUT2D eigenvalue weighted by Crippen LogP contribution is -2.12. The molecule has 0 saturated carbocycles. The van der Waals surface area contributed by atoms with Gasteiger partial charge >= 0.3 is 0 Å². The number of hydrogen-bond donors (Lipinski definition) is 1. The molecular formula is C14H11ClINO2. The fourth-order valence-corrected chi connectivity index (χ4v) is 2.43. The van der Waals surface area contributed by atoms with Crippen LogP contribution in [0, 0.1) is 3.57 Å². The fourth-order valence-electron chi connectivity index (χ4n) is 1.53. The van der Waals surface area contributed by atoms with E-state index in [2.05, 4.69) is 27.9 Å². The smallest absolute Gasteiger partial charge is 0.255 e. The highest BCUT2D eigenvalue weighted by atomic mass is 127. The molecule has 3 nitrogen and oxygen atoms in total. The number of carbonyl (C=O) groups is 1. The zero-order valence-corrected chi connectivity index (χ0v) is 13.0. The molecule has 2 rings (SSSR count). The minimum atomic E-state index is -0.203. The number of nitrogens with one attached hydrogen (secondary N) is 1. The molecule has 2 aromatic carbocycles. The summed E-state index contributed by atoms with van der Waals surface area (Å²) in [4.78, 5) is 12.0. The lowest BCUT2D eigenvalue weighted by molar-refractivity contribution is 0.102. The fraction of sp³-hybridized carbons (Fsp3) is 0.0714. The molecule has 1 N–H and O–H groups in total. The molecule has 98 valence electrons. The Morgan fingerprint density at radius 1 is 1.21 bits per heavy atom. The molecule has 0 unspecified atom stereocenters. The zero-order valence-electron chi connectivity index (χ0n) is 10.1. The minimum absolute atomic E-state index is 0.203. The second kappa shape index (κ2) is 6.25.